The number of aryl methyl sites for hydroxylation is 1. The summed E-state index contributed by atoms with van der Waals surface area (Å²) in [6, 6.07) is 7.77. The minimum absolute atomic E-state index is 0.00466. The molecule has 2 aliphatic heterocycles. The zero-order valence-electron chi connectivity index (χ0n) is 16.2. The van der Waals surface area contributed by atoms with E-state index in [2.05, 4.69) is 9.88 Å². The molecule has 1 atom stereocenters. The van der Waals surface area contributed by atoms with Crippen LogP contribution < -0.4 is 0 Å². The maximum absolute atomic E-state index is 13.1. The van der Waals surface area contributed by atoms with Gasteiger partial charge in [-0.1, -0.05) is 6.07 Å². The number of aromatic nitrogens is 1. The van der Waals surface area contributed by atoms with Crippen molar-refractivity contribution in [1.29, 1.82) is 0 Å². The largest absolute Gasteiger partial charge is 0.503 e. The number of ether oxygens (including phenoxy) is 1. The Morgan fingerprint density at radius 3 is 2.66 bits per heavy atom. The molecule has 1 saturated heterocycles. The van der Waals surface area contributed by atoms with E-state index in [0.29, 0.717) is 37.8 Å². The van der Waals surface area contributed by atoms with E-state index in [4.69, 9.17) is 9.15 Å². The van der Waals surface area contributed by atoms with Crippen molar-refractivity contribution < 1.29 is 23.8 Å². The summed E-state index contributed by atoms with van der Waals surface area (Å²) in [4.78, 5) is 34.0. The lowest BCUT2D eigenvalue weighted by molar-refractivity contribution is -0.129. The number of furan rings is 1. The molecule has 0 radical (unpaired) electrons. The van der Waals surface area contributed by atoms with Crippen molar-refractivity contribution in [1.82, 2.24) is 14.8 Å². The molecule has 0 aliphatic carbocycles. The Labute approximate surface area is 168 Å². The first-order valence-electron chi connectivity index (χ1n) is 9.62. The van der Waals surface area contributed by atoms with Crippen molar-refractivity contribution in [3.63, 3.8) is 0 Å². The molecule has 1 amide bonds. The predicted octanol–water partition coefficient (Wildman–Crippen LogP) is 1.89. The molecule has 1 N–H and O–H groups in total. The molecule has 8 heteroatoms. The molecule has 2 aromatic heterocycles. The molecular weight excluding hydrogens is 374 g/mol. The number of aliphatic hydroxyl groups is 1. The normalized spacial score (nSPS) is 20.5. The van der Waals surface area contributed by atoms with E-state index in [-0.39, 0.29) is 11.3 Å². The summed E-state index contributed by atoms with van der Waals surface area (Å²) in [6.07, 6.45) is 1.61. The van der Waals surface area contributed by atoms with Crippen LogP contribution in [0.2, 0.25) is 0 Å². The summed E-state index contributed by atoms with van der Waals surface area (Å²) in [5, 5.41) is 10.6. The van der Waals surface area contributed by atoms with Crippen molar-refractivity contribution in [3.05, 3.63) is 65.1 Å². The minimum Gasteiger partial charge on any atom is -0.503 e. The van der Waals surface area contributed by atoms with Crippen LogP contribution in [0.15, 0.2) is 52.3 Å². The van der Waals surface area contributed by atoms with Crippen LogP contribution in [-0.2, 0) is 9.53 Å². The Balaban J connectivity index is 1.65. The van der Waals surface area contributed by atoms with Gasteiger partial charge >= 0.3 is 0 Å². The Hall–Kier alpha value is -2.97. The van der Waals surface area contributed by atoms with E-state index in [9.17, 15) is 14.7 Å². The Morgan fingerprint density at radius 1 is 1.21 bits per heavy atom. The van der Waals surface area contributed by atoms with E-state index in [1.165, 1.54) is 4.90 Å². The lowest BCUT2D eigenvalue weighted by Gasteiger charge is -2.31. The fourth-order valence-electron chi connectivity index (χ4n) is 3.72. The monoisotopic (exact) mass is 397 g/mol. The van der Waals surface area contributed by atoms with Crippen LogP contribution in [0, 0.1) is 6.92 Å². The highest BCUT2D eigenvalue weighted by Gasteiger charge is 2.45. The van der Waals surface area contributed by atoms with E-state index < -0.39 is 23.5 Å². The topological polar surface area (TPSA) is 96.1 Å². The summed E-state index contributed by atoms with van der Waals surface area (Å²) >= 11 is 0. The summed E-state index contributed by atoms with van der Waals surface area (Å²) in [5.74, 6) is -0.945. The van der Waals surface area contributed by atoms with Gasteiger partial charge in [-0.3, -0.25) is 19.5 Å². The van der Waals surface area contributed by atoms with Gasteiger partial charge in [-0.2, -0.15) is 0 Å². The molecule has 1 fully saturated rings. The summed E-state index contributed by atoms with van der Waals surface area (Å²) < 4.78 is 10.8. The molecule has 4 heterocycles. The highest BCUT2D eigenvalue weighted by molar-refractivity contribution is 6.14. The van der Waals surface area contributed by atoms with E-state index in [1.54, 1.807) is 43.5 Å². The van der Waals surface area contributed by atoms with Crippen LogP contribution >= 0.6 is 0 Å². The summed E-state index contributed by atoms with van der Waals surface area (Å²) in [6.45, 7) is 5.59. The Bertz CT molecular complexity index is 931. The fraction of sp³-hybridized carbons (Fsp3) is 0.381. The standard InChI is InChI=1S/C21H23N3O5/c1-14-5-6-16(29-14)19(25)17-18(15-4-2-3-7-22-15)24(21(27)20(17)26)9-8-23-10-12-28-13-11-23/h2-7,18,26H,8-13H2,1H3/t18-/m0/s1. The van der Waals surface area contributed by atoms with E-state index in [1.807, 2.05) is 0 Å². The van der Waals surface area contributed by atoms with Gasteiger partial charge in [-0.15, -0.1) is 0 Å². The van der Waals surface area contributed by atoms with Crippen molar-refractivity contribution in [2.45, 2.75) is 13.0 Å². The number of hydrogen-bond donors (Lipinski definition) is 1. The third kappa shape index (κ3) is 3.81. The average Bonchev–Trinajstić information content (AvgIpc) is 3.29. The predicted molar refractivity (Wildman–Crippen MR) is 103 cm³/mol. The molecule has 4 rings (SSSR count). The van der Waals surface area contributed by atoms with Crippen molar-refractivity contribution >= 4 is 11.7 Å². The van der Waals surface area contributed by atoms with Crippen LogP contribution in [-0.4, -0.2) is 71.0 Å². The molecule has 8 nitrogen and oxygen atoms in total. The molecule has 2 aliphatic rings. The quantitative estimate of drug-likeness (QED) is 0.744. The van der Waals surface area contributed by atoms with Gasteiger partial charge in [0.2, 0.25) is 5.78 Å². The molecule has 2 aromatic rings. The van der Waals surface area contributed by atoms with Gasteiger partial charge in [0, 0.05) is 32.4 Å². The number of hydrogen-bond acceptors (Lipinski definition) is 7. The molecular formula is C21H23N3O5. The van der Waals surface area contributed by atoms with Crippen molar-refractivity contribution in [3.8, 4) is 0 Å². The molecule has 0 unspecified atom stereocenters. The average molecular weight is 397 g/mol. The molecule has 0 spiro atoms. The van der Waals surface area contributed by atoms with Crippen LogP contribution in [0.5, 0.6) is 0 Å². The third-order valence-corrected chi connectivity index (χ3v) is 5.24. The number of carbonyl (C=O) groups excluding carboxylic acids is 2. The molecule has 0 saturated carbocycles. The maximum atomic E-state index is 13.1. The second-order valence-corrected chi connectivity index (χ2v) is 7.11. The van der Waals surface area contributed by atoms with Gasteiger partial charge in [-0.05, 0) is 31.2 Å². The number of nitrogens with zero attached hydrogens (tertiary/aromatic N) is 3. The SMILES string of the molecule is Cc1ccc(C(=O)C2=C(O)C(=O)N(CCN3CCOCC3)[C@H]2c2ccccn2)o1. The maximum Gasteiger partial charge on any atom is 0.290 e. The lowest BCUT2D eigenvalue weighted by atomic mass is 9.98. The minimum atomic E-state index is -0.761. The third-order valence-electron chi connectivity index (χ3n) is 5.24. The van der Waals surface area contributed by atoms with Gasteiger partial charge in [0.1, 0.15) is 11.8 Å². The molecule has 0 bridgehead atoms. The van der Waals surface area contributed by atoms with Crippen LogP contribution in [0.1, 0.15) is 28.1 Å². The van der Waals surface area contributed by atoms with Crippen molar-refractivity contribution in [2.24, 2.45) is 0 Å². The zero-order chi connectivity index (χ0) is 20.4. The number of amides is 1. The molecule has 29 heavy (non-hydrogen) atoms. The first-order valence-corrected chi connectivity index (χ1v) is 9.62. The van der Waals surface area contributed by atoms with Gasteiger partial charge in [0.05, 0.1) is 24.5 Å². The number of carbonyl (C=O) groups is 2. The fourth-order valence-corrected chi connectivity index (χ4v) is 3.72. The smallest absolute Gasteiger partial charge is 0.290 e. The van der Waals surface area contributed by atoms with Crippen molar-refractivity contribution in [2.75, 3.05) is 39.4 Å². The first-order chi connectivity index (χ1) is 14.1. The highest BCUT2D eigenvalue weighted by Crippen LogP contribution is 2.38. The first kappa shape index (κ1) is 19.4. The number of aliphatic hydroxyl groups excluding tert-OH is 1. The van der Waals surface area contributed by atoms with Gasteiger partial charge < -0.3 is 19.2 Å². The van der Waals surface area contributed by atoms with Crippen LogP contribution in [0.4, 0.5) is 0 Å². The number of morpholine rings is 1. The Morgan fingerprint density at radius 2 is 2.00 bits per heavy atom. The number of pyridine rings is 1. The van der Waals surface area contributed by atoms with Crippen LogP contribution in [0.3, 0.4) is 0 Å². The van der Waals surface area contributed by atoms with Gasteiger partial charge in [0.15, 0.2) is 11.5 Å². The van der Waals surface area contributed by atoms with Crippen LogP contribution in [0.25, 0.3) is 0 Å². The number of ketones is 1. The second kappa shape index (κ2) is 8.18. The highest BCUT2D eigenvalue weighted by atomic mass is 16.5. The number of Topliss-reactive ketones (excluding diaryl/α,β-unsaturated/α-hetero) is 1. The summed E-state index contributed by atoms with van der Waals surface area (Å²) in [5.41, 5.74) is 0.531. The van der Waals surface area contributed by atoms with Gasteiger partial charge in [-0.25, -0.2) is 0 Å². The number of rotatable bonds is 6. The van der Waals surface area contributed by atoms with Gasteiger partial charge in [0.25, 0.3) is 5.91 Å². The lowest BCUT2D eigenvalue weighted by Crippen LogP contribution is -2.43. The Kier molecular flexibility index (Phi) is 5.46. The second-order valence-electron chi connectivity index (χ2n) is 7.11. The molecule has 0 aromatic carbocycles. The van der Waals surface area contributed by atoms with E-state index >= 15 is 0 Å². The summed E-state index contributed by atoms with van der Waals surface area (Å²) in [7, 11) is 0. The van der Waals surface area contributed by atoms with E-state index in [0.717, 1.165) is 13.1 Å². The zero-order valence-corrected chi connectivity index (χ0v) is 16.2. The molecule has 152 valence electrons.